The number of ether oxygens (including phenoxy) is 1. The predicted molar refractivity (Wildman–Crippen MR) is 109 cm³/mol. The van der Waals surface area contributed by atoms with Crippen molar-refractivity contribution in [1.29, 1.82) is 0 Å². The van der Waals surface area contributed by atoms with E-state index in [2.05, 4.69) is 17.4 Å². The van der Waals surface area contributed by atoms with Crippen LogP contribution in [0.5, 0.6) is 0 Å². The maximum atomic E-state index is 12.3. The highest BCUT2D eigenvalue weighted by Crippen LogP contribution is 2.49. The number of nitrogens with one attached hydrogen (secondary N) is 1. The number of rotatable bonds is 7. The Bertz CT molecular complexity index is 833. The maximum absolute atomic E-state index is 12.3. The Morgan fingerprint density at radius 3 is 2.50 bits per heavy atom. The molecule has 3 atom stereocenters. The lowest BCUT2D eigenvalue weighted by Gasteiger charge is -2.20. The third-order valence-corrected chi connectivity index (χ3v) is 6.21. The van der Waals surface area contributed by atoms with Crippen LogP contribution in [0.25, 0.3) is 0 Å². The second-order valence-corrected chi connectivity index (χ2v) is 8.17. The van der Waals surface area contributed by atoms with Crippen LogP contribution in [0.15, 0.2) is 54.6 Å². The van der Waals surface area contributed by atoms with Crippen molar-refractivity contribution in [3.8, 4) is 0 Å². The molecule has 0 saturated heterocycles. The van der Waals surface area contributed by atoms with Gasteiger partial charge in [-0.1, -0.05) is 55.0 Å². The van der Waals surface area contributed by atoms with E-state index in [1.165, 1.54) is 24.8 Å². The monoisotopic (exact) mass is 377 g/mol. The molecule has 4 rings (SSSR count). The second-order valence-electron chi connectivity index (χ2n) is 8.17. The van der Waals surface area contributed by atoms with Crippen molar-refractivity contribution in [3.63, 3.8) is 0 Å². The number of fused-ring (bicyclic) bond motifs is 2. The normalized spacial score (nSPS) is 22.8. The molecule has 2 aliphatic carbocycles. The lowest BCUT2D eigenvalue weighted by Crippen LogP contribution is -2.23. The number of hydrogen-bond acceptors (Lipinski definition) is 3. The third kappa shape index (κ3) is 4.61. The lowest BCUT2D eigenvalue weighted by atomic mass is 9.86. The van der Waals surface area contributed by atoms with Crippen molar-refractivity contribution in [2.75, 3.05) is 11.9 Å². The van der Waals surface area contributed by atoms with Crippen LogP contribution in [0, 0.1) is 17.8 Å². The number of amides is 1. The summed E-state index contributed by atoms with van der Waals surface area (Å²) in [7, 11) is 0. The maximum Gasteiger partial charge on any atom is 0.306 e. The Morgan fingerprint density at radius 1 is 0.964 bits per heavy atom. The zero-order valence-electron chi connectivity index (χ0n) is 16.1. The van der Waals surface area contributed by atoms with Crippen LogP contribution in [-0.4, -0.2) is 18.5 Å². The number of para-hydroxylation sites is 1. The van der Waals surface area contributed by atoms with E-state index in [1.807, 2.05) is 42.5 Å². The highest BCUT2D eigenvalue weighted by molar-refractivity contribution is 5.93. The summed E-state index contributed by atoms with van der Waals surface area (Å²) in [4.78, 5) is 24.4. The van der Waals surface area contributed by atoms with E-state index in [9.17, 15) is 9.59 Å². The summed E-state index contributed by atoms with van der Waals surface area (Å²) in [5.74, 6) is 1.43. The van der Waals surface area contributed by atoms with Crippen molar-refractivity contribution >= 4 is 17.6 Å². The molecule has 4 heteroatoms. The predicted octanol–water partition coefficient (Wildman–Crippen LogP) is 4.59. The van der Waals surface area contributed by atoms with Gasteiger partial charge in [-0.25, -0.2) is 0 Å². The first-order valence-corrected chi connectivity index (χ1v) is 10.2. The van der Waals surface area contributed by atoms with Crippen LogP contribution in [-0.2, 0) is 20.7 Å². The standard InChI is InChI=1S/C24H27NO3/c26-23(16-28-24(27)15-21-14-18-10-11-19(21)13-18)25-22-9-5-4-8-20(22)12-17-6-2-1-3-7-17/h1-9,18-19,21H,10-16H2,(H,25,26)/t18-,19-,21+/m1/s1. The lowest BCUT2D eigenvalue weighted by molar-refractivity contribution is -0.148. The molecule has 2 bridgehead atoms. The average molecular weight is 377 g/mol. The molecule has 2 aliphatic rings. The first-order chi connectivity index (χ1) is 13.7. The van der Waals surface area contributed by atoms with Gasteiger partial charge in [-0.05, 0) is 60.6 Å². The van der Waals surface area contributed by atoms with Crippen molar-refractivity contribution in [3.05, 3.63) is 65.7 Å². The Morgan fingerprint density at radius 2 is 1.75 bits per heavy atom. The number of anilines is 1. The molecule has 0 unspecified atom stereocenters. The van der Waals surface area contributed by atoms with Crippen molar-refractivity contribution < 1.29 is 14.3 Å². The molecule has 28 heavy (non-hydrogen) atoms. The van der Waals surface area contributed by atoms with Crippen molar-refractivity contribution in [2.45, 2.75) is 38.5 Å². The van der Waals surface area contributed by atoms with Gasteiger partial charge in [0.05, 0.1) is 0 Å². The smallest absolute Gasteiger partial charge is 0.306 e. The fraction of sp³-hybridized carbons (Fsp3) is 0.417. The minimum Gasteiger partial charge on any atom is -0.456 e. The summed E-state index contributed by atoms with van der Waals surface area (Å²) >= 11 is 0. The van der Waals surface area contributed by atoms with Gasteiger partial charge in [0.2, 0.25) is 0 Å². The Kier molecular flexibility index (Phi) is 5.75. The Hall–Kier alpha value is -2.62. The molecular formula is C24H27NO3. The summed E-state index contributed by atoms with van der Waals surface area (Å²) in [5, 5.41) is 2.89. The Labute approximate surface area is 166 Å². The quantitative estimate of drug-likeness (QED) is 0.718. The highest BCUT2D eigenvalue weighted by atomic mass is 16.5. The van der Waals surface area contributed by atoms with Crippen molar-refractivity contribution in [2.24, 2.45) is 17.8 Å². The summed E-state index contributed by atoms with van der Waals surface area (Å²) in [6.07, 6.45) is 6.19. The van der Waals surface area contributed by atoms with Crippen LogP contribution >= 0.6 is 0 Å². The molecular weight excluding hydrogens is 350 g/mol. The van der Waals surface area contributed by atoms with Crippen LogP contribution in [0.2, 0.25) is 0 Å². The number of carbonyl (C=O) groups is 2. The molecule has 2 aromatic carbocycles. The largest absolute Gasteiger partial charge is 0.456 e. The number of benzene rings is 2. The van der Waals surface area contributed by atoms with E-state index >= 15 is 0 Å². The van der Waals surface area contributed by atoms with Crippen LogP contribution in [0.1, 0.15) is 43.2 Å². The van der Waals surface area contributed by atoms with E-state index < -0.39 is 0 Å². The molecule has 1 amide bonds. The van der Waals surface area contributed by atoms with Gasteiger partial charge in [-0.2, -0.15) is 0 Å². The van der Waals surface area contributed by atoms with Gasteiger partial charge in [0, 0.05) is 12.1 Å². The first-order valence-electron chi connectivity index (χ1n) is 10.2. The van der Waals surface area contributed by atoms with Gasteiger partial charge in [-0.15, -0.1) is 0 Å². The minimum atomic E-state index is -0.290. The summed E-state index contributed by atoms with van der Waals surface area (Å²) in [5.41, 5.74) is 2.98. The summed E-state index contributed by atoms with van der Waals surface area (Å²) < 4.78 is 5.25. The molecule has 0 radical (unpaired) electrons. The third-order valence-electron chi connectivity index (χ3n) is 6.21. The van der Waals surface area contributed by atoms with Gasteiger partial charge in [0.15, 0.2) is 6.61 Å². The first kappa shape index (κ1) is 18.7. The fourth-order valence-electron chi connectivity index (χ4n) is 4.84. The molecule has 4 nitrogen and oxygen atoms in total. The van der Waals surface area contributed by atoms with Crippen LogP contribution in [0.3, 0.4) is 0 Å². The Balaban J connectivity index is 1.27. The molecule has 0 aliphatic heterocycles. The number of hydrogen-bond donors (Lipinski definition) is 1. The van der Waals surface area contributed by atoms with Gasteiger partial charge in [0.25, 0.3) is 5.91 Å². The second kappa shape index (κ2) is 8.59. The van der Waals surface area contributed by atoms with Gasteiger partial charge in [-0.3, -0.25) is 9.59 Å². The van der Waals surface area contributed by atoms with Gasteiger partial charge >= 0.3 is 5.97 Å². The van der Waals surface area contributed by atoms with E-state index in [0.29, 0.717) is 18.3 Å². The van der Waals surface area contributed by atoms with E-state index in [4.69, 9.17) is 4.74 Å². The molecule has 0 aromatic heterocycles. The van der Waals surface area contributed by atoms with E-state index in [1.54, 1.807) is 0 Å². The zero-order valence-corrected chi connectivity index (χ0v) is 16.1. The molecule has 146 valence electrons. The number of esters is 1. The van der Waals surface area contributed by atoms with Gasteiger partial charge in [0.1, 0.15) is 0 Å². The van der Waals surface area contributed by atoms with Crippen molar-refractivity contribution in [1.82, 2.24) is 0 Å². The summed E-state index contributed by atoms with van der Waals surface area (Å²) in [6, 6.07) is 17.9. The molecule has 0 heterocycles. The molecule has 1 N–H and O–H groups in total. The topological polar surface area (TPSA) is 55.4 Å². The molecule has 2 aromatic rings. The van der Waals surface area contributed by atoms with E-state index in [-0.39, 0.29) is 18.5 Å². The highest BCUT2D eigenvalue weighted by Gasteiger charge is 2.40. The van der Waals surface area contributed by atoms with E-state index in [0.717, 1.165) is 30.0 Å². The molecule has 2 saturated carbocycles. The van der Waals surface area contributed by atoms with Gasteiger partial charge < -0.3 is 10.1 Å². The van der Waals surface area contributed by atoms with Crippen LogP contribution < -0.4 is 5.32 Å². The average Bonchev–Trinajstić information content (AvgIpc) is 3.32. The summed E-state index contributed by atoms with van der Waals surface area (Å²) in [6.45, 7) is -0.223. The van der Waals surface area contributed by atoms with Crippen LogP contribution in [0.4, 0.5) is 5.69 Å². The minimum absolute atomic E-state index is 0.223. The zero-order chi connectivity index (χ0) is 19.3. The molecule has 2 fully saturated rings. The number of carbonyl (C=O) groups excluding carboxylic acids is 2. The SMILES string of the molecule is O=C(COC(=O)C[C@@H]1C[C@@H]2CC[C@@H]1C2)Nc1ccccc1Cc1ccccc1. The fourth-order valence-corrected chi connectivity index (χ4v) is 4.84. The molecule has 0 spiro atoms.